The Balaban J connectivity index is 1.81. The van der Waals surface area contributed by atoms with Gasteiger partial charge in [-0.25, -0.2) is 8.78 Å². The summed E-state index contributed by atoms with van der Waals surface area (Å²) in [6, 6.07) is 5.81. The maximum atomic E-state index is 13.1. The molecule has 0 atom stereocenters. The Morgan fingerprint density at radius 1 is 1.17 bits per heavy atom. The van der Waals surface area contributed by atoms with Crippen LogP contribution in [-0.2, 0) is 14.3 Å². The number of alkyl halides is 2. The topological polar surface area (TPSA) is 46.6 Å². The number of ether oxygens (including phenoxy) is 1. The average Bonchev–Trinajstić information content (AvgIpc) is 2.84. The number of imide groups is 1. The Labute approximate surface area is 132 Å². The van der Waals surface area contributed by atoms with Gasteiger partial charge in [0.25, 0.3) is 18.2 Å². The molecule has 0 saturated carbocycles. The number of amides is 2. The molecule has 1 aromatic carbocycles. The third-order valence-corrected chi connectivity index (χ3v) is 4.28. The van der Waals surface area contributed by atoms with Crippen LogP contribution < -0.4 is 0 Å². The SMILES string of the molecule is O=C1C=C(c2ccccc2C(F)F)C(=O)N1CC1CCOCC1. The molecule has 0 radical (unpaired) electrons. The molecule has 2 heterocycles. The molecule has 0 spiro atoms. The van der Waals surface area contributed by atoms with Crippen molar-refractivity contribution in [2.24, 2.45) is 5.92 Å². The van der Waals surface area contributed by atoms with E-state index >= 15 is 0 Å². The van der Waals surface area contributed by atoms with Gasteiger partial charge in [0.1, 0.15) is 0 Å². The van der Waals surface area contributed by atoms with Gasteiger partial charge in [-0.05, 0) is 24.3 Å². The van der Waals surface area contributed by atoms with E-state index in [2.05, 4.69) is 0 Å². The minimum Gasteiger partial charge on any atom is -0.381 e. The molecule has 0 N–H and O–H groups in total. The normalized spacial score (nSPS) is 19.6. The molecule has 2 amide bonds. The zero-order valence-corrected chi connectivity index (χ0v) is 12.5. The highest BCUT2D eigenvalue weighted by atomic mass is 19.3. The van der Waals surface area contributed by atoms with E-state index in [-0.39, 0.29) is 22.6 Å². The summed E-state index contributed by atoms with van der Waals surface area (Å²) in [5.41, 5.74) is -0.0406. The maximum Gasteiger partial charge on any atom is 0.264 e. The van der Waals surface area contributed by atoms with Gasteiger partial charge in [0.15, 0.2) is 0 Å². The van der Waals surface area contributed by atoms with Crippen LogP contribution >= 0.6 is 0 Å². The van der Waals surface area contributed by atoms with Gasteiger partial charge >= 0.3 is 0 Å². The van der Waals surface area contributed by atoms with Crippen LogP contribution in [0.25, 0.3) is 5.57 Å². The van der Waals surface area contributed by atoms with E-state index in [4.69, 9.17) is 4.74 Å². The number of hydrogen-bond donors (Lipinski definition) is 0. The zero-order chi connectivity index (χ0) is 16.4. The van der Waals surface area contributed by atoms with Gasteiger partial charge in [0.2, 0.25) is 0 Å². The molecular weight excluding hydrogens is 304 g/mol. The van der Waals surface area contributed by atoms with Crippen LogP contribution in [-0.4, -0.2) is 36.5 Å². The van der Waals surface area contributed by atoms with Crippen LogP contribution in [0, 0.1) is 5.92 Å². The van der Waals surface area contributed by atoms with Crippen molar-refractivity contribution in [3.63, 3.8) is 0 Å². The largest absolute Gasteiger partial charge is 0.381 e. The van der Waals surface area contributed by atoms with E-state index in [9.17, 15) is 18.4 Å². The number of carbonyl (C=O) groups excluding carboxylic acids is 2. The number of hydrogen-bond acceptors (Lipinski definition) is 3. The van der Waals surface area contributed by atoms with Crippen LogP contribution in [0.5, 0.6) is 0 Å². The number of rotatable bonds is 4. The summed E-state index contributed by atoms with van der Waals surface area (Å²) in [6.07, 6.45) is 0.0580. The summed E-state index contributed by atoms with van der Waals surface area (Å²) in [5.74, 6) is -0.718. The molecule has 23 heavy (non-hydrogen) atoms. The number of carbonyl (C=O) groups is 2. The number of benzene rings is 1. The third kappa shape index (κ3) is 3.17. The predicted molar refractivity (Wildman–Crippen MR) is 79.6 cm³/mol. The van der Waals surface area contributed by atoms with E-state index < -0.39 is 18.2 Å². The van der Waals surface area contributed by atoms with Gasteiger partial charge < -0.3 is 4.74 Å². The molecule has 0 unspecified atom stereocenters. The first-order valence-corrected chi connectivity index (χ1v) is 7.60. The summed E-state index contributed by atoms with van der Waals surface area (Å²) in [7, 11) is 0. The lowest BCUT2D eigenvalue weighted by Gasteiger charge is -2.26. The fourth-order valence-electron chi connectivity index (χ4n) is 2.99. The Morgan fingerprint density at radius 2 is 1.87 bits per heavy atom. The van der Waals surface area contributed by atoms with E-state index in [1.807, 2.05) is 0 Å². The average molecular weight is 321 g/mol. The third-order valence-electron chi connectivity index (χ3n) is 4.28. The van der Waals surface area contributed by atoms with Crippen LogP contribution in [0.3, 0.4) is 0 Å². The van der Waals surface area contributed by atoms with Crippen molar-refractivity contribution in [2.75, 3.05) is 19.8 Å². The lowest BCUT2D eigenvalue weighted by molar-refractivity contribution is -0.137. The highest BCUT2D eigenvalue weighted by Gasteiger charge is 2.35. The minimum absolute atomic E-state index is 0.0537. The summed E-state index contributed by atoms with van der Waals surface area (Å²) in [4.78, 5) is 25.8. The molecule has 1 aromatic rings. The fraction of sp³-hybridized carbons (Fsp3) is 0.412. The summed E-state index contributed by atoms with van der Waals surface area (Å²) >= 11 is 0. The van der Waals surface area contributed by atoms with Gasteiger partial charge in [0.05, 0.1) is 5.57 Å². The standard InChI is InChI=1S/C17H17F2NO3/c18-16(19)13-4-2-1-3-12(13)14-9-15(21)20(17(14)22)10-11-5-7-23-8-6-11/h1-4,9,11,16H,5-8,10H2. The van der Waals surface area contributed by atoms with Crippen LogP contribution in [0.2, 0.25) is 0 Å². The number of halogens is 2. The van der Waals surface area contributed by atoms with E-state index in [1.165, 1.54) is 24.3 Å². The van der Waals surface area contributed by atoms with E-state index in [0.717, 1.165) is 17.7 Å². The first-order chi connectivity index (χ1) is 11.1. The lowest BCUT2D eigenvalue weighted by atomic mass is 9.98. The van der Waals surface area contributed by atoms with Crippen molar-refractivity contribution >= 4 is 17.4 Å². The Morgan fingerprint density at radius 3 is 2.57 bits per heavy atom. The second-order valence-corrected chi connectivity index (χ2v) is 5.76. The lowest BCUT2D eigenvalue weighted by Crippen LogP contribution is -2.37. The molecule has 0 aromatic heterocycles. The minimum atomic E-state index is -2.69. The van der Waals surface area contributed by atoms with Crippen LogP contribution in [0.15, 0.2) is 30.3 Å². The molecule has 0 aliphatic carbocycles. The summed E-state index contributed by atoms with van der Waals surface area (Å²) in [6.45, 7) is 1.56. The molecule has 1 saturated heterocycles. The number of nitrogens with zero attached hydrogens (tertiary/aromatic N) is 1. The van der Waals surface area contributed by atoms with Crippen molar-refractivity contribution in [1.82, 2.24) is 4.90 Å². The van der Waals surface area contributed by atoms with Crippen molar-refractivity contribution < 1.29 is 23.1 Å². The van der Waals surface area contributed by atoms with Crippen molar-refractivity contribution in [3.8, 4) is 0 Å². The quantitative estimate of drug-likeness (QED) is 0.801. The molecule has 2 aliphatic rings. The second kappa shape index (κ2) is 6.58. The fourth-order valence-corrected chi connectivity index (χ4v) is 2.99. The van der Waals surface area contributed by atoms with Crippen molar-refractivity contribution in [1.29, 1.82) is 0 Å². The molecule has 0 bridgehead atoms. The molecule has 2 aliphatic heterocycles. The van der Waals surface area contributed by atoms with Gasteiger partial charge in [-0.1, -0.05) is 24.3 Å². The van der Waals surface area contributed by atoms with Crippen LogP contribution in [0.1, 0.15) is 30.4 Å². The van der Waals surface area contributed by atoms with Gasteiger partial charge in [-0.15, -0.1) is 0 Å². The Hall–Kier alpha value is -2.08. The highest BCUT2D eigenvalue weighted by Crippen LogP contribution is 2.32. The molecule has 4 nitrogen and oxygen atoms in total. The smallest absolute Gasteiger partial charge is 0.264 e. The Bertz CT molecular complexity index is 651. The van der Waals surface area contributed by atoms with Gasteiger partial charge in [-0.2, -0.15) is 0 Å². The van der Waals surface area contributed by atoms with Gasteiger partial charge in [-0.3, -0.25) is 14.5 Å². The van der Waals surface area contributed by atoms with Crippen molar-refractivity contribution in [2.45, 2.75) is 19.3 Å². The molecular formula is C17H17F2NO3. The van der Waals surface area contributed by atoms with E-state index in [1.54, 1.807) is 6.07 Å². The zero-order valence-electron chi connectivity index (χ0n) is 12.5. The second-order valence-electron chi connectivity index (χ2n) is 5.76. The predicted octanol–water partition coefficient (Wildman–Crippen LogP) is 2.80. The van der Waals surface area contributed by atoms with Gasteiger partial charge in [0, 0.05) is 31.4 Å². The van der Waals surface area contributed by atoms with Crippen LogP contribution in [0.4, 0.5) is 8.78 Å². The molecule has 6 heteroatoms. The molecule has 122 valence electrons. The highest BCUT2D eigenvalue weighted by molar-refractivity contribution is 6.33. The van der Waals surface area contributed by atoms with Crippen molar-refractivity contribution in [3.05, 3.63) is 41.5 Å². The summed E-state index contributed by atoms with van der Waals surface area (Å²) in [5, 5.41) is 0. The van der Waals surface area contributed by atoms with E-state index in [0.29, 0.717) is 19.8 Å². The summed E-state index contributed by atoms with van der Waals surface area (Å²) < 4.78 is 31.5. The Kier molecular flexibility index (Phi) is 4.52. The maximum absolute atomic E-state index is 13.1. The first-order valence-electron chi connectivity index (χ1n) is 7.60. The monoisotopic (exact) mass is 321 g/mol. The molecule has 3 rings (SSSR count). The first kappa shape index (κ1) is 15.8. The molecule has 1 fully saturated rings.